The van der Waals surface area contributed by atoms with Crippen molar-refractivity contribution in [2.75, 3.05) is 13.2 Å². The van der Waals surface area contributed by atoms with E-state index in [1.807, 2.05) is 0 Å². The van der Waals surface area contributed by atoms with E-state index in [2.05, 4.69) is 32.9 Å². The Morgan fingerprint density at radius 1 is 0.302 bits per heavy atom. The van der Waals surface area contributed by atoms with Crippen LogP contribution in [0.15, 0.2) is 12.2 Å². The van der Waals surface area contributed by atoms with Gasteiger partial charge < -0.3 is 14.2 Å². The molecule has 6 nitrogen and oxygen atoms in total. The minimum Gasteiger partial charge on any atom is -0.462 e. The Hall–Kier alpha value is -1.85. The first-order valence-electron chi connectivity index (χ1n) is 28.2. The van der Waals surface area contributed by atoms with Crippen LogP contribution in [-0.2, 0) is 28.6 Å². The van der Waals surface area contributed by atoms with Gasteiger partial charge in [-0.15, -0.1) is 0 Å². The zero-order valence-electron chi connectivity index (χ0n) is 42.6. The molecule has 0 fully saturated rings. The first-order chi connectivity index (χ1) is 31.0. The predicted molar refractivity (Wildman–Crippen MR) is 270 cm³/mol. The summed E-state index contributed by atoms with van der Waals surface area (Å²) in [7, 11) is 0. The molecule has 0 bridgehead atoms. The van der Waals surface area contributed by atoms with E-state index < -0.39 is 6.10 Å². The van der Waals surface area contributed by atoms with Gasteiger partial charge in [-0.3, -0.25) is 14.4 Å². The molecule has 0 radical (unpaired) electrons. The average Bonchev–Trinajstić information content (AvgIpc) is 3.28. The number of ether oxygens (including phenoxy) is 3. The van der Waals surface area contributed by atoms with Crippen molar-refractivity contribution in [1.29, 1.82) is 0 Å². The normalized spacial score (nSPS) is 12.0. The molecule has 0 saturated carbocycles. The largest absolute Gasteiger partial charge is 0.462 e. The molecule has 0 aromatic heterocycles. The number of allylic oxidation sites excluding steroid dienone is 2. The molecule has 0 heterocycles. The van der Waals surface area contributed by atoms with E-state index in [0.717, 1.165) is 57.8 Å². The van der Waals surface area contributed by atoms with Crippen molar-refractivity contribution in [2.24, 2.45) is 0 Å². The third-order valence-corrected chi connectivity index (χ3v) is 12.8. The van der Waals surface area contributed by atoms with Crippen molar-refractivity contribution >= 4 is 17.9 Å². The van der Waals surface area contributed by atoms with E-state index >= 15 is 0 Å². The number of esters is 3. The molecule has 0 aliphatic heterocycles. The van der Waals surface area contributed by atoms with Crippen LogP contribution in [-0.4, -0.2) is 37.2 Å². The highest BCUT2D eigenvalue weighted by Crippen LogP contribution is 2.17. The van der Waals surface area contributed by atoms with Gasteiger partial charge in [-0.1, -0.05) is 264 Å². The van der Waals surface area contributed by atoms with Gasteiger partial charge in [0.1, 0.15) is 13.2 Å². The van der Waals surface area contributed by atoms with Gasteiger partial charge in [-0.25, -0.2) is 0 Å². The van der Waals surface area contributed by atoms with Gasteiger partial charge in [0.05, 0.1) is 0 Å². The van der Waals surface area contributed by atoms with E-state index in [0.29, 0.717) is 19.3 Å². The van der Waals surface area contributed by atoms with Gasteiger partial charge >= 0.3 is 17.9 Å². The molecule has 372 valence electrons. The molecular formula is C57H108O6. The maximum atomic E-state index is 12.8. The molecule has 0 aromatic rings. The van der Waals surface area contributed by atoms with E-state index in [-0.39, 0.29) is 31.1 Å². The summed E-state index contributed by atoms with van der Waals surface area (Å²) < 4.78 is 16.9. The summed E-state index contributed by atoms with van der Waals surface area (Å²) >= 11 is 0. The fourth-order valence-corrected chi connectivity index (χ4v) is 8.50. The van der Waals surface area contributed by atoms with Crippen LogP contribution in [0.4, 0.5) is 0 Å². The zero-order valence-corrected chi connectivity index (χ0v) is 42.6. The van der Waals surface area contributed by atoms with Crippen LogP contribution in [0.5, 0.6) is 0 Å². The number of hydrogen-bond acceptors (Lipinski definition) is 6. The maximum absolute atomic E-state index is 12.8. The van der Waals surface area contributed by atoms with Crippen LogP contribution in [0.1, 0.15) is 316 Å². The van der Waals surface area contributed by atoms with Crippen molar-refractivity contribution in [3.8, 4) is 0 Å². The topological polar surface area (TPSA) is 78.9 Å². The molecule has 0 amide bonds. The van der Waals surface area contributed by atoms with E-state index in [4.69, 9.17) is 14.2 Å². The van der Waals surface area contributed by atoms with Crippen LogP contribution in [0.25, 0.3) is 0 Å². The highest BCUT2D eigenvalue weighted by molar-refractivity contribution is 5.71. The van der Waals surface area contributed by atoms with E-state index in [1.54, 1.807) is 0 Å². The minimum atomic E-state index is -0.765. The summed E-state index contributed by atoms with van der Waals surface area (Å²) in [6.45, 7) is 6.68. The molecular weight excluding hydrogens is 781 g/mol. The second kappa shape index (κ2) is 52.8. The molecule has 0 aromatic carbocycles. The molecule has 6 heteroatoms. The summed E-state index contributed by atoms with van der Waals surface area (Å²) in [5, 5.41) is 0. The third kappa shape index (κ3) is 51.0. The lowest BCUT2D eigenvalue weighted by atomic mass is 10.0. The van der Waals surface area contributed by atoms with Gasteiger partial charge in [0.15, 0.2) is 6.10 Å². The second-order valence-electron chi connectivity index (χ2n) is 19.2. The lowest BCUT2D eigenvalue weighted by Crippen LogP contribution is -2.30. The predicted octanol–water partition coefficient (Wildman–Crippen LogP) is 18.5. The molecule has 0 aliphatic carbocycles. The van der Waals surface area contributed by atoms with Gasteiger partial charge in [0.25, 0.3) is 0 Å². The Morgan fingerprint density at radius 3 is 0.794 bits per heavy atom. The maximum Gasteiger partial charge on any atom is 0.306 e. The smallest absolute Gasteiger partial charge is 0.306 e. The molecule has 0 aliphatic rings. The number of carbonyl (C=O) groups excluding carboxylic acids is 3. The van der Waals surface area contributed by atoms with Crippen molar-refractivity contribution in [2.45, 2.75) is 322 Å². The Bertz CT molecular complexity index is 978. The first-order valence-corrected chi connectivity index (χ1v) is 28.2. The van der Waals surface area contributed by atoms with Gasteiger partial charge in [-0.2, -0.15) is 0 Å². The van der Waals surface area contributed by atoms with E-state index in [9.17, 15) is 14.4 Å². The van der Waals surface area contributed by atoms with Crippen molar-refractivity contribution in [1.82, 2.24) is 0 Å². The third-order valence-electron chi connectivity index (χ3n) is 12.8. The van der Waals surface area contributed by atoms with Gasteiger partial charge in [0.2, 0.25) is 0 Å². The van der Waals surface area contributed by atoms with E-state index in [1.165, 1.54) is 218 Å². The van der Waals surface area contributed by atoms with Crippen LogP contribution in [0.3, 0.4) is 0 Å². The summed E-state index contributed by atoms with van der Waals surface area (Å²) in [6, 6.07) is 0. The standard InChI is InChI=1S/C57H108O6/c1-4-7-10-13-16-19-22-25-27-29-31-32-35-38-41-44-47-50-56(59)62-53-54(52-61-55(58)49-46-43-40-37-34-24-21-18-15-12-9-6-3)63-57(60)51-48-45-42-39-36-33-30-28-26-23-20-17-14-11-8-5-2/h25,27,54H,4-24,26,28-53H2,1-3H3/b27-25-. The first kappa shape index (κ1) is 61.1. The molecule has 0 spiro atoms. The van der Waals surface area contributed by atoms with Gasteiger partial charge in [-0.05, 0) is 44.9 Å². The lowest BCUT2D eigenvalue weighted by molar-refractivity contribution is -0.167. The quantitative estimate of drug-likeness (QED) is 0.0262. The fourth-order valence-electron chi connectivity index (χ4n) is 8.50. The minimum absolute atomic E-state index is 0.0655. The second-order valence-corrected chi connectivity index (χ2v) is 19.2. The van der Waals surface area contributed by atoms with Crippen molar-refractivity contribution in [3.05, 3.63) is 12.2 Å². The van der Waals surface area contributed by atoms with Gasteiger partial charge in [0, 0.05) is 19.3 Å². The molecule has 1 unspecified atom stereocenters. The highest BCUT2D eigenvalue weighted by atomic mass is 16.6. The molecule has 0 saturated heterocycles. The molecule has 63 heavy (non-hydrogen) atoms. The van der Waals surface area contributed by atoms with Crippen LogP contribution >= 0.6 is 0 Å². The summed E-state index contributed by atoms with van der Waals surface area (Å²) in [5.41, 5.74) is 0. The number of rotatable bonds is 52. The Balaban J connectivity index is 4.30. The average molecular weight is 889 g/mol. The fraction of sp³-hybridized carbons (Fsp3) is 0.912. The van der Waals surface area contributed by atoms with Crippen molar-refractivity contribution < 1.29 is 28.6 Å². The highest BCUT2D eigenvalue weighted by Gasteiger charge is 2.19. The number of hydrogen-bond donors (Lipinski definition) is 0. The molecule has 0 N–H and O–H groups in total. The summed E-state index contributed by atoms with van der Waals surface area (Å²) in [5.74, 6) is -0.848. The van der Waals surface area contributed by atoms with Crippen LogP contribution in [0, 0.1) is 0 Å². The van der Waals surface area contributed by atoms with Crippen LogP contribution in [0.2, 0.25) is 0 Å². The number of carbonyl (C=O) groups is 3. The SMILES string of the molecule is CCCCCCCC/C=C\CCCCCCCCCC(=O)OCC(COC(=O)CCCCCCCCCCCCCC)OC(=O)CCCCCCCCCCCCCCCCCC. The number of unbranched alkanes of at least 4 members (excludes halogenated alkanes) is 39. The zero-order chi connectivity index (χ0) is 45.8. The Morgan fingerprint density at radius 2 is 0.524 bits per heavy atom. The van der Waals surface area contributed by atoms with Crippen molar-refractivity contribution in [3.63, 3.8) is 0 Å². The Labute approximate surface area is 392 Å². The summed E-state index contributed by atoms with van der Waals surface area (Å²) in [6.07, 6.45) is 59.1. The van der Waals surface area contributed by atoms with Crippen LogP contribution < -0.4 is 0 Å². The molecule has 0 rings (SSSR count). The summed E-state index contributed by atoms with van der Waals surface area (Å²) in [4.78, 5) is 38.1. The molecule has 1 atom stereocenters. The Kier molecular flexibility index (Phi) is 51.2. The lowest BCUT2D eigenvalue weighted by Gasteiger charge is -2.18. The monoisotopic (exact) mass is 889 g/mol.